The van der Waals surface area contributed by atoms with Gasteiger partial charge in [-0.25, -0.2) is 0 Å². The molecule has 2 aliphatic heterocycles. The summed E-state index contributed by atoms with van der Waals surface area (Å²) in [6.45, 7) is 11.9. The van der Waals surface area contributed by atoms with E-state index in [-0.39, 0.29) is 17.3 Å². The molecule has 20 heavy (non-hydrogen) atoms. The lowest BCUT2D eigenvalue weighted by Gasteiger charge is -2.37. The largest absolute Gasteiger partial charge is 0.469 e. The van der Waals surface area contributed by atoms with Gasteiger partial charge in [-0.2, -0.15) is 0 Å². The number of hydrogen-bond donors (Lipinski definition) is 1. The molecule has 0 aromatic rings. The monoisotopic (exact) mass is 282 g/mol. The van der Waals surface area contributed by atoms with Gasteiger partial charge in [-0.3, -0.25) is 4.79 Å². The Morgan fingerprint density at radius 1 is 1.35 bits per heavy atom. The molecule has 2 aliphatic rings. The normalized spacial score (nSPS) is 26.9. The number of carbonyl (C=O) groups is 1. The summed E-state index contributed by atoms with van der Waals surface area (Å²) < 4.78 is 5.07. The van der Waals surface area contributed by atoms with Crippen LogP contribution in [0.4, 0.5) is 0 Å². The molecule has 0 saturated carbocycles. The van der Waals surface area contributed by atoms with Gasteiger partial charge in [-0.05, 0) is 49.7 Å². The van der Waals surface area contributed by atoms with E-state index in [9.17, 15) is 4.79 Å². The smallest absolute Gasteiger partial charge is 0.310 e. The standard InChI is InChI=1S/C16H30N2O2/c1-15(2,3)7-10-18-11-13(14(19)20-4)16(12-18)5-8-17-9-6-16/h13,17H,5-12H2,1-4H3. The summed E-state index contributed by atoms with van der Waals surface area (Å²) >= 11 is 0. The second-order valence-corrected chi connectivity index (χ2v) is 7.73. The van der Waals surface area contributed by atoms with Crippen LogP contribution in [0.5, 0.6) is 0 Å². The molecule has 0 aliphatic carbocycles. The van der Waals surface area contributed by atoms with Crippen molar-refractivity contribution in [2.45, 2.75) is 40.0 Å². The van der Waals surface area contributed by atoms with Crippen LogP contribution in [0.2, 0.25) is 0 Å². The fraction of sp³-hybridized carbons (Fsp3) is 0.938. The van der Waals surface area contributed by atoms with Gasteiger partial charge < -0.3 is 15.0 Å². The summed E-state index contributed by atoms with van der Waals surface area (Å²) in [5.41, 5.74) is 0.501. The van der Waals surface area contributed by atoms with Gasteiger partial charge in [0.15, 0.2) is 0 Å². The van der Waals surface area contributed by atoms with Gasteiger partial charge in [0.05, 0.1) is 13.0 Å². The van der Waals surface area contributed by atoms with Crippen LogP contribution < -0.4 is 5.32 Å². The number of rotatable bonds is 3. The predicted molar refractivity (Wildman–Crippen MR) is 80.6 cm³/mol. The van der Waals surface area contributed by atoms with E-state index in [4.69, 9.17) is 4.74 Å². The van der Waals surface area contributed by atoms with Gasteiger partial charge in [-0.1, -0.05) is 20.8 Å². The molecule has 1 spiro atoms. The molecule has 0 radical (unpaired) electrons. The summed E-state index contributed by atoms with van der Waals surface area (Å²) in [6, 6.07) is 0. The number of ether oxygens (including phenoxy) is 1. The Morgan fingerprint density at radius 2 is 2.00 bits per heavy atom. The lowest BCUT2D eigenvalue weighted by molar-refractivity contribution is -0.149. The fourth-order valence-electron chi connectivity index (χ4n) is 3.63. The Bertz CT molecular complexity index is 343. The van der Waals surface area contributed by atoms with Crippen LogP contribution in [-0.2, 0) is 9.53 Å². The second-order valence-electron chi connectivity index (χ2n) is 7.73. The molecule has 2 heterocycles. The van der Waals surface area contributed by atoms with E-state index >= 15 is 0 Å². The maximum atomic E-state index is 12.2. The molecule has 116 valence electrons. The van der Waals surface area contributed by atoms with Gasteiger partial charge in [-0.15, -0.1) is 0 Å². The van der Waals surface area contributed by atoms with Crippen LogP contribution in [0.3, 0.4) is 0 Å². The SMILES string of the molecule is COC(=O)C1CN(CCC(C)(C)C)CC12CCNCC2. The Hall–Kier alpha value is -0.610. The van der Waals surface area contributed by atoms with Crippen molar-refractivity contribution in [1.82, 2.24) is 10.2 Å². The van der Waals surface area contributed by atoms with E-state index in [0.29, 0.717) is 5.41 Å². The summed E-state index contributed by atoms with van der Waals surface area (Å²) in [4.78, 5) is 14.6. The van der Waals surface area contributed by atoms with Crippen molar-refractivity contribution in [3.63, 3.8) is 0 Å². The second kappa shape index (κ2) is 6.02. The van der Waals surface area contributed by atoms with Gasteiger partial charge >= 0.3 is 5.97 Å². The van der Waals surface area contributed by atoms with Crippen LogP contribution in [0.25, 0.3) is 0 Å². The molecule has 4 nitrogen and oxygen atoms in total. The molecular weight excluding hydrogens is 252 g/mol. The van der Waals surface area contributed by atoms with Crippen molar-refractivity contribution in [2.24, 2.45) is 16.7 Å². The zero-order valence-electron chi connectivity index (χ0n) is 13.5. The molecule has 0 amide bonds. The first-order chi connectivity index (χ1) is 9.36. The highest BCUT2D eigenvalue weighted by Gasteiger charge is 2.50. The van der Waals surface area contributed by atoms with E-state index in [1.54, 1.807) is 0 Å². The Labute approximate surface area is 123 Å². The van der Waals surface area contributed by atoms with Crippen LogP contribution in [0.15, 0.2) is 0 Å². The molecule has 2 rings (SSSR count). The lowest BCUT2D eigenvalue weighted by Crippen LogP contribution is -2.44. The maximum Gasteiger partial charge on any atom is 0.310 e. The topological polar surface area (TPSA) is 41.6 Å². The highest BCUT2D eigenvalue weighted by Crippen LogP contribution is 2.44. The van der Waals surface area contributed by atoms with Gasteiger partial charge in [0.2, 0.25) is 0 Å². The lowest BCUT2D eigenvalue weighted by atomic mass is 9.71. The minimum absolute atomic E-state index is 0.00911. The zero-order chi connectivity index (χ0) is 14.8. The Morgan fingerprint density at radius 3 is 2.55 bits per heavy atom. The first-order valence-corrected chi connectivity index (χ1v) is 7.87. The average molecular weight is 282 g/mol. The van der Waals surface area contributed by atoms with Crippen molar-refractivity contribution >= 4 is 5.97 Å². The summed E-state index contributed by atoms with van der Waals surface area (Å²) in [6.07, 6.45) is 3.37. The molecule has 0 aromatic heterocycles. The van der Waals surface area contributed by atoms with Crippen molar-refractivity contribution in [3.05, 3.63) is 0 Å². The van der Waals surface area contributed by atoms with E-state index < -0.39 is 0 Å². The first kappa shape index (κ1) is 15.8. The summed E-state index contributed by atoms with van der Waals surface area (Å²) in [5.74, 6) is 0.0553. The summed E-state index contributed by atoms with van der Waals surface area (Å²) in [7, 11) is 1.52. The average Bonchev–Trinajstić information content (AvgIpc) is 2.74. The van der Waals surface area contributed by atoms with E-state index in [2.05, 4.69) is 31.0 Å². The molecule has 0 aromatic carbocycles. The van der Waals surface area contributed by atoms with Crippen LogP contribution >= 0.6 is 0 Å². The van der Waals surface area contributed by atoms with Gasteiger partial charge in [0, 0.05) is 13.1 Å². The van der Waals surface area contributed by atoms with Crippen molar-refractivity contribution in [1.29, 1.82) is 0 Å². The third-order valence-electron chi connectivity index (χ3n) is 4.98. The number of methoxy groups -OCH3 is 1. The molecule has 0 bridgehead atoms. The Balaban J connectivity index is 2.04. The molecule has 2 fully saturated rings. The third-order valence-corrected chi connectivity index (χ3v) is 4.98. The number of piperidine rings is 1. The van der Waals surface area contributed by atoms with Gasteiger partial charge in [0.25, 0.3) is 0 Å². The fourth-order valence-corrected chi connectivity index (χ4v) is 3.63. The minimum atomic E-state index is -0.00911. The maximum absolute atomic E-state index is 12.2. The van der Waals surface area contributed by atoms with Gasteiger partial charge in [0.1, 0.15) is 0 Å². The van der Waals surface area contributed by atoms with E-state index in [1.165, 1.54) is 13.5 Å². The molecule has 1 N–H and O–H groups in total. The molecule has 1 atom stereocenters. The minimum Gasteiger partial charge on any atom is -0.469 e. The quantitative estimate of drug-likeness (QED) is 0.803. The van der Waals surface area contributed by atoms with Crippen molar-refractivity contribution in [3.8, 4) is 0 Å². The highest BCUT2D eigenvalue weighted by atomic mass is 16.5. The van der Waals surface area contributed by atoms with Crippen molar-refractivity contribution in [2.75, 3.05) is 39.8 Å². The van der Waals surface area contributed by atoms with Crippen LogP contribution in [-0.4, -0.2) is 50.7 Å². The zero-order valence-corrected chi connectivity index (χ0v) is 13.5. The highest BCUT2D eigenvalue weighted by molar-refractivity contribution is 5.74. The number of nitrogens with one attached hydrogen (secondary N) is 1. The van der Waals surface area contributed by atoms with E-state index in [0.717, 1.165) is 45.6 Å². The number of hydrogen-bond acceptors (Lipinski definition) is 4. The van der Waals surface area contributed by atoms with Crippen LogP contribution in [0, 0.1) is 16.7 Å². The number of nitrogens with zero attached hydrogens (tertiary/aromatic N) is 1. The summed E-state index contributed by atoms with van der Waals surface area (Å²) in [5, 5.41) is 3.41. The number of likely N-dealkylation sites (tertiary alicyclic amines) is 1. The third kappa shape index (κ3) is 3.53. The van der Waals surface area contributed by atoms with Crippen molar-refractivity contribution < 1.29 is 9.53 Å². The number of carbonyl (C=O) groups excluding carboxylic acids is 1. The van der Waals surface area contributed by atoms with Crippen LogP contribution in [0.1, 0.15) is 40.0 Å². The molecule has 4 heteroatoms. The van der Waals surface area contributed by atoms with E-state index in [1.807, 2.05) is 0 Å². The number of esters is 1. The molecular formula is C16H30N2O2. The predicted octanol–water partition coefficient (Wildman–Crippen LogP) is 1.90. The first-order valence-electron chi connectivity index (χ1n) is 7.87. The molecule has 1 unspecified atom stereocenters. The molecule has 2 saturated heterocycles. The Kier molecular flexibility index (Phi) is 4.75.